The van der Waals surface area contributed by atoms with Crippen molar-refractivity contribution in [2.45, 2.75) is 26.4 Å². The van der Waals surface area contributed by atoms with Gasteiger partial charge in [-0.2, -0.15) is 4.36 Å². The molecule has 0 radical (unpaired) electrons. The topological polar surface area (TPSA) is 140 Å². The molecule has 1 fully saturated rings. The Labute approximate surface area is 211 Å². The molecule has 2 atom stereocenters. The summed E-state index contributed by atoms with van der Waals surface area (Å²) in [6, 6.07) is 6.16. The first kappa shape index (κ1) is 24.7. The highest BCUT2D eigenvalue weighted by Gasteiger charge is 2.33. The zero-order chi connectivity index (χ0) is 26.2. The molecule has 1 N–H and O–H groups in total. The van der Waals surface area contributed by atoms with Gasteiger partial charge in [-0.1, -0.05) is 16.4 Å². The number of ether oxygens (including phenoxy) is 1. The monoisotopic (exact) mass is 529 g/mol. The normalized spacial score (nSPS) is 21.5. The zero-order valence-corrected chi connectivity index (χ0v) is 20.9. The lowest BCUT2D eigenvalue weighted by Crippen LogP contribution is -2.27. The molecular formula is C24H24FN5O6S. The number of rotatable bonds is 6. The van der Waals surface area contributed by atoms with E-state index < -0.39 is 33.7 Å². The first-order valence-corrected chi connectivity index (χ1v) is 13.4. The Hall–Kier alpha value is -4.00. The third-order valence-corrected chi connectivity index (χ3v) is 8.24. The van der Waals surface area contributed by atoms with Crippen molar-refractivity contribution in [3.05, 3.63) is 65.0 Å². The molecule has 2 amide bonds. The molecule has 13 heteroatoms. The average Bonchev–Trinajstić information content (AvgIpc) is 3.59. The number of halogens is 1. The molecule has 4 heterocycles. The van der Waals surface area contributed by atoms with Gasteiger partial charge in [0.2, 0.25) is 0 Å². The molecule has 0 spiro atoms. The highest BCUT2D eigenvalue weighted by atomic mass is 32.2. The van der Waals surface area contributed by atoms with Gasteiger partial charge in [0.25, 0.3) is 5.91 Å². The summed E-state index contributed by atoms with van der Waals surface area (Å²) in [5.41, 5.74) is 2.00. The molecule has 2 aromatic heterocycles. The van der Waals surface area contributed by atoms with E-state index >= 15 is 4.39 Å². The highest BCUT2D eigenvalue weighted by molar-refractivity contribution is 7.94. The standard InChI is InChI=1S/C24H24FN5O6S/c1-14-22(15(2)36-27-14)23(31)29-37(33)9-6-16(7-10-37)19-4-3-17(11-20(19)25)30-13-18(35-24(30)32)12-26-21-5-8-34-28-21/h3-6,8,11,18H,7,9-10,12-13H2,1-2H3,(H,26,28)/t18-,37?/m0/s1. The van der Waals surface area contributed by atoms with Crippen LogP contribution in [0.2, 0.25) is 0 Å². The number of anilines is 2. The van der Waals surface area contributed by atoms with E-state index in [2.05, 4.69) is 20.0 Å². The van der Waals surface area contributed by atoms with Crippen LogP contribution < -0.4 is 10.2 Å². The van der Waals surface area contributed by atoms with Crippen molar-refractivity contribution in [2.75, 3.05) is 34.8 Å². The number of hydrogen-bond acceptors (Lipinski definition) is 9. The molecule has 2 aliphatic heterocycles. The molecule has 37 heavy (non-hydrogen) atoms. The van der Waals surface area contributed by atoms with E-state index in [9.17, 15) is 13.8 Å². The van der Waals surface area contributed by atoms with Crippen molar-refractivity contribution < 1.29 is 32.0 Å². The van der Waals surface area contributed by atoms with E-state index in [1.54, 1.807) is 38.1 Å². The number of aromatic nitrogens is 2. The van der Waals surface area contributed by atoms with E-state index in [0.29, 0.717) is 40.6 Å². The number of allylic oxidation sites excluding steroid dienone is 1. The predicted octanol–water partition coefficient (Wildman–Crippen LogP) is 3.95. The number of amides is 2. The van der Waals surface area contributed by atoms with Gasteiger partial charge >= 0.3 is 6.09 Å². The van der Waals surface area contributed by atoms with Crippen molar-refractivity contribution in [1.29, 1.82) is 0 Å². The SMILES string of the molecule is Cc1noc(C)c1C(=O)N=S1(=O)CC=C(c2ccc(N3C[C@H](CNc4ccon4)OC3=O)cc2F)CC1. The molecule has 1 unspecified atom stereocenters. The summed E-state index contributed by atoms with van der Waals surface area (Å²) in [6.07, 6.45) is 2.35. The molecule has 1 saturated heterocycles. The van der Waals surface area contributed by atoms with Crippen LogP contribution in [0.3, 0.4) is 0 Å². The van der Waals surface area contributed by atoms with Gasteiger partial charge in [-0.3, -0.25) is 9.69 Å². The Kier molecular flexibility index (Phi) is 6.54. The number of benzene rings is 1. The second-order valence-electron chi connectivity index (χ2n) is 8.76. The number of hydrogen-bond donors (Lipinski definition) is 1. The fraction of sp³-hybridized carbons (Fsp3) is 0.333. The minimum Gasteiger partial charge on any atom is -0.442 e. The van der Waals surface area contributed by atoms with E-state index in [1.165, 1.54) is 17.2 Å². The van der Waals surface area contributed by atoms with Crippen molar-refractivity contribution in [2.24, 2.45) is 4.36 Å². The van der Waals surface area contributed by atoms with Crippen molar-refractivity contribution in [3.8, 4) is 0 Å². The maximum atomic E-state index is 15.1. The zero-order valence-electron chi connectivity index (χ0n) is 20.1. The molecule has 1 aromatic carbocycles. The Morgan fingerprint density at radius 1 is 1.30 bits per heavy atom. The van der Waals surface area contributed by atoms with E-state index in [-0.39, 0.29) is 30.0 Å². The van der Waals surface area contributed by atoms with E-state index in [1.807, 2.05) is 0 Å². The lowest BCUT2D eigenvalue weighted by Gasteiger charge is -2.19. The molecule has 0 aliphatic carbocycles. The Morgan fingerprint density at radius 2 is 2.14 bits per heavy atom. The smallest absolute Gasteiger partial charge is 0.414 e. The van der Waals surface area contributed by atoms with Crippen LogP contribution in [0.1, 0.15) is 33.8 Å². The predicted molar refractivity (Wildman–Crippen MR) is 132 cm³/mol. The minimum atomic E-state index is -2.84. The van der Waals surface area contributed by atoms with Gasteiger partial charge in [-0.05, 0) is 44.0 Å². The average molecular weight is 530 g/mol. The molecule has 194 valence electrons. The summed E-state index contributed by atoms with van der Waals surface area (Å²) >= 11 is 0. The molecule has 2 aliphatic rings. The lowest BCUT2D eigenvalue weighted by molar-refractivity contribution is 0.100. The third-order valence-electron chi connectivity index (χ3n) is 6.21. The molecule has 0 bridgehead atoms. The molecule has 11 nitrogen and oxygen atoms in total. The van der Waals surface area contributed by atoms with Crippen LogP contribution in [0.5, 0.6) is 0 Å². The summed E-state index contributed by atoms with van der Waals surface area (Å²) in [5, 5.41) is 10.5. The fourth-order valence-electron chi connectivity index (χ4n) is 4.29. The largest absolute Gasteiger partial charge is 0.442 e. The van der Waals surface area contributed by atoms with Crippen LogP contribution in [0.25, 0.3) is 5.57 Å². The minimum absolute atomic E-state index is 0.0251. The van der Waals surface area contributed by atoms with Crippen LogP contribution in [0.4, 0.5) is 20.7 Å². The fourth-order valence-corrected chi connectivity index (χ4v) is 6.02. The maximum absolute atomic E-state index is 15.1. The summed E-state index contributed by atoms with van der Waals surface area (Å²) in [4.78, 5) is 26.3. The number of cyclic esters (lactones) is 1. The summed E-state index contributed by atoms with van der Waals surface area (Å²) in [6.45, 7) is 3.78. The van der Waals surface area contributed by atoms with Gasteiger partial charge in [0, 0.05) is 17.4 Å². The summed E-state index contributed by atoms with van der Waals surface area (Å²) < 4.78 is 47.4. The Morgan fingerprint density at radius 3 is 2.78 bits per heavy atom. The number of carbonyl (C=O) groups excluding carboxylic acids is 2. The first-order valence-electron chi connectivity index (χ1n) is 11.5. The maximum Gasteiger partial charge on any atom is 0.414 e. The van der Waals surface area contributed by atoms with Gasteiger partial charge < -0.3 is 19.1 Å². The molecular weight excluding hydrogens is 505 g/mol. The lowest BCUT2D eigenvalue weighted by atomic mass is 10.0. The number of nitrogens with one attached hydrogen (secondary N) is 1. The first-order chi connectivity index (χ1) is 17.7. The summed E-state index contributed by atoms with van der Waals surface area (Å²) in [7, 11) is -2.84. The van der Waals surface area contributed by atoms with E-state index in [4.69, 9.17) is 13.8 Å². The number of aryl methyl sites for hydroxylation is 2. The van der Waals surface area contributed by atoms with Gasteiger partial charge in [0.15, 0.2) is 5.82 Å². The quantitative estimate of drug-likeness (QED) is 0.502. The third kappa shape index (κ3) is 5.12. The molecule has 5 rings (SSSR count). The number of nitrogens with zero attached hydrogens (tertiary/aromatic N) is 4. The van der Waals surface area contributed by atoms with Crippen LogP contribution in [-0.4, -0.2) is 57.2 Å². The summed E-state index contributed by atoms with van der Waals surface area (Å²) in [5.74, 6) is -0.151. The van der Waals surface area contributed by atoms with Crippen molar-refractivity contribution >= 4 is 38.8 Å². The van der Waals surface area contributed by atoms with Gasteiger partial charge in [0.05, 0.1) is 40.0 Å². The van der Waals surface area contributed by atoms with Crippen LogP contribution in [0.15, 0.2) is 50.0 Å². The second-order valence-corrected chi connectivity index (χ2v) is 11.2. The highest BCUT2D eigenvalue weighted by Crippen LogP contribution is 2.31. The van der Waals surface area contributed by atoms with Crippen LogP contribution in [0, 0.1) is 19.7 Å². The van der Waals surface area contributed by atoms with Crippen LogP contribution in [-0.2, 0) is 14.5 Å². The number of carbonyl (C=O) groups is 2. The van der Waals surface area contributed by atoms with Crippen LogP contribution >= 0.6 is 0 Å². The Balaban J connectivity index is 1.27. The van der Waals surface area contributed by atoms with Gasteiger partial charge in [-0.15, -0.1) is 0 Å². The van der Waals surface area contributed by atoms with Gasteiger partial charge in [0.1, 0.15) is 29.5 Å². The molecule has 0 saturated carbocycles. The van der Waals surface area contributed by atoms with Crippen molar-refractivity contribution in [1.82, 2.24) is 10.3 Å². The molecule has 3 aromatic rings. The second kappa shape index (κ2) is 9.81. The van der Waals surface area contributed by atoms with Crippen molar-refractivity contribution in [3.63, 3.8) is 0 Å². The van der Waals surface area contributed by atoms with E-state index in [0.717, 1.165) is 0 Å². The van der Waals surface area contributed by atoms with Gasteiger partial charge in [-0.25, -0.2) is 13.4 Å². The Bertz CT molecular complexity index is 1490.